The minimum atomic E-state index is -4.85. The van der Waals surface area contributed by atoms with Crippen LogP contribution in [0.15, 0.2) is 35.5 Å². The molecule has 0 heterocycles. The summed E-state index contributed by atoms with van der Waals surface area (Å²) >= 11 is 0. The monoisotopic (exact) mass is 253 g/mol. The molecule has 1 aromatic rings. The Labute approximate surface area is 100 Å². The van der Waals surface area contributed by atoms with Crippen molar-refractivity contribution >= 4 is 5.69 Å². The van der Waals surface area contributed by atoms with Crippen molar-refractivity contribution in [3.8, 4) is 17.9 Å². The van der Waals surface area contributed by atoms with Crippen LogP contribution in [0.25, 0.3) is 0 Å². The molecule has 92 valence electrons. The molecular formula is C11H6F3N3O. The normalized spacial score (nSPS) is 10.1. The van der Waals surface area contributed by atoms with Gasteiger partial charge in [0.05, 0.1) is 0 Å². The van der Waals surface area contributed by atoms with Crippen LogP contribution in [0.1, 0.15) is 0 Å². The van der Waals surface area contributed by atoms with Gasteiger partial charge in [0.2, 0.25) is 0 Å². The van der Waals surface area contributed by atoms with Gasteiger partial charge in [0.15, 0.2) is 5.57 Å². The molecule has 0 saturated heterocycles. The number of aromatic hydroxyl groups is 1. The molecule has 1 rings (SSSR count). The zero-order valence-corrected chi connectivity index (χ0v) is 8.78. The molecule has 0 aliphatic heterocycles. The third-order valence-electron chi connectivity index (χ3n) is 1.89. The standard InChI is InChI=1S/C11H6F3N3O/c12-11(13,14)10(7(5-15)6-16)17-8-1-3-9(18)4-2-8/h1-4,17-18H. The zero-order chi connectivity index (χ0) is 13.8. The Morgan fingerprint density at radius 1 is 1.11 bits per heavy atom. The van der Waals surface area contributed by atoms with Gasteiger partial charge < -0.3 is 10.4 Å². The van der Waals surface area contributed by atoms with Gasteiger partial charge in [0, 0.05) is 5.69 Å². The van der Waals surface area contributed by atoms with Crippen LogP contribution in [0.4, 0.5) is 18.9 Å². The molecule has 4 nitrogen and oxygen atoms in total. The first-order chi connectivity index (χ1) is 8.38. The summed E-state index contributed by atoms with van der Waals surface area (Å²) < 4.78 is 37.9. The lowest BCUT2D eigenvalue weighted by molar-refractivity contribution is -0.0906. The minimum absolute atomic E-state index is 0.00289. The second-order valence-corrected chi connectivity index (χ2v) is 3.14. The fraction of sp³-hybridized carbons (Fsp3) is 0.0909. The Balaban J connectivity index is 3.17. The fourth-order valence-electron chi connectivity index (χ4n) is 1.10. The van der Waals surface area contributed by atoms with Crippen LogP contribution in [-0.2, 0) is 0 Å². The molecule has 0 bridgehead atoms. The van der Waals surface area contributed by atoms with Crippen LogP contribution in [0.5, 0.6) is 5.75 Å². The second kappa shape index (κ2) is 5.11. The third-order valence-corrected chi connectivity index (χ3v) is 1.89. The summed E-state index contributed by atoms with van der Waals surface area (Å²) in [6.45, 7) is 0. The molecule has 0 atom stereocenters. The fourth-order valence-corrected chi connectivity index (χ4v) is 1.10. The summed E-state index contributed by atoms with van der Waals surface area (Å²) in [6, 6.07) is 7.08. The van der Waals surface area contributed by atoms with Gasteiger partial charge in [-0.15, -0.1) is 0 Å². The summed E-state index contributed by atoms with van der Waals surface area (Å²) in [6.07, 6.45) is -4.85. The molecule has 2 N–H and O–H groups in total. The van der Waals surface area contributed by atoms with E-state index in [2.05, 4.69) is 0 Å². The van der Waals surface area contributed by atoms with Crippen LogP contribution in [-0.4, -0.2) is 11.3 Å². The lowest BCUT2D eigenvalue weighted by Gasteiger charge is -2.14. The first-order valence-electron chi connectivity index (χ1n) is 4.56. The number of rotatable bonds is 2. The van der Waals surface area contributed by atoms with Crippen LogP contribution in [0, 0.1) is 22.7 Å². The quantitative estimate of drug-likeness (QED) is 0.627. The van der Waals surface area contributed by atoms with Gasteiger partial charge in [-0.3, -0.25) is 0 Å². The highest BCUT2D eigenvalue weighted by atomic mass is 19.4. The first-order valence-corrected chi connectivity index (χ1v) is 4.56. The number of benzene rings is 1. The van der Waals surface area contributed by atoms with E-state index in [1.54, 1.807) is 0 Å². The number of hydrogen-bond acceptors (Lipinski definition) is 4. The lowest BCUT2D eigenvalue weighted by Crippen LogP contribution is -2.21. The summed E-state index contributed by atoms with van der Waals surface area (Å²) in [5, 5.41) is 27.9. The van der Waals surface area contributed by atoms with Crippen molar-refractivity contribution < 1.29 is 18.3 Å². The Morgan fingerprint density at radius 3 is 2.00 bits per heavy atom. The van der Waals surface area contributed by atoms with Crippen LogP contribution in [0.3, 0.4) is 0 Å². The number of allylic oxidation sites excluding steroid dienone is 2. The van der Waals surface area contributed by atoms with Crippen LogP contribution >= 0.6 is 0 Å². The van der Waals surface area contributed by atoms with E-state index in [-0.39, 0.29) is 11.4 Å². The first kappa shape index (κ1) is 13.4. The molecule has 18 heavy (non-hydrogen) atoms. The molecule has 0 spiro atoms. The minimum Gasteiger partial charge on any atom is -0.508 e. The molecule has 0 fully saturated rings. The van der Waals surface area contributed by atoms with E-state index in [0.717, 1.165) is 0 Å². The molecule has 0 unspecified atom stereocenters. The molecule has 0 radical (unpaired) electrons. The van der Waals surface area contributed by atoms with Crippen molar-refractivity contribution in [2.24, 2.45) is 0 Å². The maximum atomic E-state index is 12.6. The number of phenols is 1. The lowest BCUT2D eigenvalue weighted by atomic mass is 10.2. The Bertz CT molecular complexity index is 531. The number of alkyl halides is 3. The molecule has 0 aliphatic carbocycles. The zero-order valence-electron chi connectivity index (χ0n) is 8.78. The number of anilines is 1. The molecule has 0 amide bonds. The highest BCUT2D eigenvalue weighted by Crippen LogP contribution is 2.29. The molecule has 1 aromatic carbocycles. The van der Waals surface area contributed by atoms with E-state index in [0.29, 0.717) is 0 Å². The molecule has 0 aliphatic rings. The predicted molar refractivity (Wildman–Crippen MR) is 56.0 cm³/mol. The van der Waals surface area contributed by atoms with Gasteiger partial charge in [0.1, 0.15) is 23.6 Å². The average Bonchev–Trinajstić information content (AvgIpc) is 2.30. The SMILES string of the molecule is N#CC(C#N)=C(Nc1ccc(O)cc1)C(F)(F)F. The molecule has 7 heteroatoms. The van der Waals surface area contributed by atoms with Crippen molar-refractivity contribution in [1.82, 2.24) is 0 Å². The van der Waals surface area contributed by atoms with E-state index in [9.17, 15) is 13.2 Å². The van der Waals surface area contributed by atoms with Crippen LogP contribution in [0.2, 0.25) is 0 Å². The van der Waals surface area contributed by atoms with Crippen molar-refractivity contribution in [3.63, 3.8) is 0 Å². The van der Waals surface area contributed by atoms with Gasteiger partial charge in [-0.05, 0) is 24.3 Å². The van der Waals surface area contributed by atoms with Crippen molar-refractivity contribution in [2.75, 3.05) is 5.32 Å². The Hall–Kier alpha value is -2.67. The summed E-state index contributed by atoms with van der Waals surface area (Å²) in [5.41, 5.74) is -2.49. The maximum absolute atomic E-state index is 12.6. The second-order valence-electron chi connectivity index (χ2n) is 3.14. The van der Waals surface area contributed by atoms with Gasteiger partial charge >= 0.3 is 6.18 Å². The molecular weight excluding hydrogens is 247 g/mol. The van der Waals surface area contributed by atoms with Gasteiger partial charge in [-0.1, -0.05) is 0 Å². The summed E-state index contributed by atoms with van der Waals surface area (Å²) in [4.78, 5) is 0. The van der Waals surface area contributed by atoms with Gasteiger partial charge in [-0.25, -0.2) is 0 Å². The average molecular weight is 253 g/mol. The predicted octanol–water partition coefficient (Wildman–Crippen LogP) is 2.67. The summed E-state index contributed by atoms with van der Waals surface area (Å²) in [5.74, 6) is -0.112. The maximum Gasteiger partial charge on any atom is 0.433 e. The van der Waals surface area contributed by atoms with E-state index in [1.165, 1.54) is 36.4 Å². The number of nitrogens with zero attached hydrogens (tertiary/aromatic N) is 2. The Kier molecular flexibility index (Phi) is 3.80. The number of nitriles is 2. The highest BCUT2D eigenvalue weighted by molar-refractivity contribution is 5.56. The van der Waals surface area contributed by atoms with Crippen molar-refractivity contribution in [3.05, 3.63) is 35.5 Å². The van der Waals surface area contributed by atoms with E-state index >= 15 is 0 Å². The highest BCUT2D eigenvalue weighted by Gasteiger charge is 2.37. The number of nitrogens with one attached hydrogen (secondary N) is 1. The summed E-state index contributed by atoms with van der Waals surface area (Å²) in [7, 11) is 0. The largest absolute Gasteiger partial charge is 0.508 e. The van der Waals surface area contributed by atoms with Crippen LogP contribution < -0.4 is 5.32 Å². The van der Waals surface area contributed by atoms with E-state index < -0.39 is 17.4 Å². The van der Waals surface area contributed by atoms with Gasteiger partial charge in [-0.2, -0.15) is 23.7 Å². The van der Waals surface area contributed by atoms with E-state index in [1.807, 2.05) is 5.32 Å². The number of phenolic OH excluding ortho intramolecular Hbond substituents is 1. The smallest absolute Gasteiger partial charge is 0.433 e. The number of hydrogen-bond donors (Lipinski definition) is 2. The Morgan fingerprint density at radius 2 is 1.61 bits per heavy atom. The number of halogens is 3. The topological polar surface area (TPSA) is 79.8 Å². The van der Waals surface area contributed by atoms with Gasteiger partial charge in [0.25, 0.3) is 0 Å². The van der Waals surface area contributed by atoms with Crippen molar-refractivity contribution in [1.29, 1.82) is 10.5 Å². The molecule has 0 aromatic heterocycles. The van der Waals surface area contributed by atoms with Crippen molar-refractivity contribution in [2.45, 2.75) is 6.18 Å². The molecule has 0 saturated carbocycles. The van der Waals surface area contributed by atoms with E-state index in [4.69, 9.17) is 15.6 Å². The third kappa shape index (κ3) is 3.16.